The number of hydrogen-bond donors (Lipinski definition) is 0. The molecule has 1 saturated carbocycles. The van der Waals surface area contributed by atoms with Crippen molar-refractivity contribution in [3.63, 3.8) is 0 Å². The zero-order valence-corrected chi connectivity index (χ0v) is 17.9. The number of aromatic nitrogens is 2. The fraction of sp³-hybridized carbons (Fsp3) is 0.360. The molecular weight excluding hydrogens is 431 g/mol. The van der Waals surface area contributed by atoms with Gasteiger partial charge in [0, 0.05) is 18.2 Å². The number of benzene rings is 1. The third-order valence-electron chi connectivity index (χ3n) is 6.33. The third-order valence-corrected chi connectivity index (χ3v) is 6.33. The highest BCUT2D eigenvalue weighted by Gasteiger charge is 2.58. The van der Waals surface area contributed by atoms with Gasteiger partial charge in [0.2, 0.25) is 5.88 Å². The highest BCUT2D eigenvalue weighted by Crippen LogP contribution is 2.57. The number of alkyl halides is 3. The lowest BCUT2D eigenvalue weighted by atomic mass is 10.0. The maximum absolute atomic E-state index is 12.7. The Morgan fingerprint density at radius 1 is 1.27 bits per heavy atom. The molecule has 2 atom stereocenters. The van der Waals surface area contributed by atoms with Gasteiger partial charge in [0.1, 0.15) is 0 Å². The van der Waals surface area contributed by atoms with E-state index in [0.29, 0.717) is 28.8 Å². The Morgan fingerprint density at radius 2 is 2.06 bits per heavy atom. The quantitative estimate of drug-likeness (QED) is 0.448. The molecule has 3 heterocycles. The van der Waals surface area contributed by atoms with Gasteiger partial charge in [0.05, 0.1) is 53.9 Å². The Morgan fingerprint density at radius 3 is 2.76 bits per heavy atom. The molecule has 1 aliphatic heterocycles. The van der Waals surface area contributed by atoms with Crippen LogP contribution in [0.4, 0.5) is 13.2 Å². The van der Waals surface area contributed by atoms with Gasteiger partial charge in [-0.3, -0.25) is 0 Å². The second kappa shape index (κ2) is 7.92. The van der Waals surface area contributed by atoms with Crippen molar-refractivity contribution in [3.05, 3.63) is 60.3 Å². The molecule has 0 amide bonds. The van der Waals surface area contributed by atoms with Crippen LogP contribution in [0.3, 0.4) is 0 Å². The molecular formula is C25H22F3N3O2. The van der Waals surface area contributed by atoms with E-state index in [1.54, 1.807) is 24.3 Å². The van der Waals surface area contributed by atoms with E-state index in [-0.39, 0.29) is 17.5 Å². The van der Waals surface area contributed by atoms with Gasteiger partial charge in [-0.15, -0.1) is 0 Å². The molecule has 1 aromatic carbocycles. The molecule has 33 heavy (non-hydrogen) atoms. The van der Waals surface area contributed by atoms with Crippen LogP contribution in [0.15, 0.2) is 54.7 Å². The summed E-state index contributed by atoms with van der Waals surface area (Å²) in [5, 5.41) is 9.09. The number of nitriles is 1. The average molecular weight is 453 g/mol. The molecule has 8 heteroatoms. The summed E-state index contributed by atoms with van der Waals surface area (Å²) in [6, 6.07) is 12.8. The lowest BCUT2D eigenvalue weighted by Gasteiger charge is -2.26. The topological polar surface area (TPSA) is 60.1 Å². The summed E-state index contributed by atoms with van der Waals surface area (Å²) in [5.74, 6) is 0.141. The van der Waals surface area contributed by atoms with E-state index < -0.39 is 19.2 Å². The molecule has 1 aliphatic carbocycles. The van der Waals surface area contributed by atoms with E-state index in [9.17, 15) is 13.2 Å². The predicted molar refractivity (Wildman–Crippen MR) is 117 cm³/mol. The largest absolute Gasteiger partial charge is 0.477 e. The zero-order chi connectivity index (χ0) is 23.2. The molecule has 0 N–H and O–H groups in total. The van der Waals surface area contributed by atoms with Gasteiger partial charge < -0.3 is 14.0 Å². The average Bonchev–Trinajstić information content (AvgIpc) is 3.28. The zero-order valence-electron chi connectivity index (χ0n) is 17.9. The molecule has 1 spiro atoms. The molecule has 2 aromatic heterocycles. The summed E-state index contributed by atoms with van der Waals surface area (Å²) >= 11 is 0. The van der Waals surface area contributed by atoms with Crippen LogP contribution >= 0.6 is 0 Å². The van der Waals surface area contributed by atoms with Crippen LogP contribution < -0.4 is 4.74 Å². The van der Waals surface area contributed by atoms with Crippen molar-refractivity contribution in [3.8, 4) is 23.1 Å². The van der Waals surface area contributed by atoms with Crippen LogP contribution in [-0.2, 0) is 4.74 Å². The predicted octanol–water partition coefficient (Wildman–Crippen LogP) is 5.96. The Balaban J connectivity index is 1.52. The lowest BCUT2D eigenvalue weighted by Crippen LogP contribution is -2.25. The summed E-state index contributed by atoms with van der Waals surface area (Å²) in [6.07, 6.45) is -0.847. The van der Waals surface area contributed by atoms with Crippen molar-refractivity contribution in [2.45, 2.75) is 43.5 Å². The maximum atomic E-state index is 12.7. The van der Waals surface area contributed by atoms with Gasteiger partial charge in [-0.25, -0.2) is 4.98 Å². The molecule has 1 saturated heterocycles. The van der Waals surface area contributed by atoms with Gasteiger partial charge in [0.15, 0.2) is 0 Å². The highest BCUT2D eigenvalue weighted by atomic mass is 19.4. The number of nitrogens with zero attached hydrogens (tertiary/aromatic N) is 3. The third kappa shape index (κ3) is 4.21. The SMILES string of the molecule is C=C1CCOC2(C1)CC2n1ccc2nc(OCCC(F)(F)F)c(-c3ccc(C#N)cc3)cc21. The lowest BCUT2D eigenvalue weighted by molar-refractivity contribution is -0.139. The summed E-state index contributed by atoms with van der Waals surface area (Å²) < 4.78 is 51.7. The minimum atomic E-state index is -4.31. The van der Waals surface area contributed by atoms with Gasteiger partial charge in [-0.1, -0.05) is 24.3 Å². The van der Waals surface area contributed by atoms with Crippen LogP contribution in [-0.4, -0.2) is 34.5 Å². The van der Waals surface area contributed by atoms with E-state index in [1.165, 1.54) is 5.57 Å². The molecule has 5 nitrogen and oxygen atoms in total. The summed E-state index contributed by atoms with van der Waals surface area (Å²) in [4.78, 5) is 4.56. The monoisotopic (exact) mass is 453 g/mol. The highest BCUT2D eigenvalue weighted by molar-refractivity contribution is 5.85. The van der Waals surface area contributed by atoms with E-state index in [2.05, 4.69) is 22.2 Å². The van der Waals surface area contributed by atoms with Gasteiger partial charge in [-0.05, 0) is 42.7 Å². The second-order valence-corrected chi connectivity index (χ2v) is 8.68. The van der Waals surface area contributed by atoms with E-state index in [1.807, 2.05) is 18.3 Å². The number of hydrogen-bond acceptors (Lipinski definition) is 4. The van der Waals surface area contributed by atoms with E-state index >= 15 is 0 Å². The van der Waals surface area contributed by atoms with E-state index in [4.69, 9.17) is 14.7 Å². The van der Waals surface area contributed by atoms with Crippen LogP contribution in [0.1, 0.15) is 37.3 Å². The number of ether oxygens (including phenoxy) is 2. The van der Waals surface area contributed by atoms with E-state index in [0.717, 1.165) is 24.8 Å². The summed E-state index contributed by atoms with van der Waals surface area (Å²) in [7, 11) is 0. The van der Waals surface area contributed by atoms with Crippen LogP contribution in [0.5, 0.6) is 5.88 Å². The molecule has 0 radical (unpaired) electrons. The Kier molecular flexibility index (Phi) is 5.17. The number of pyridine rings is 1. The number of rotatable bonds is 5. The van der Waals surface area contributed by atoms with Crippen molar-refractivity contribution >= 4 is 11.0 Å². The summed E-state index contributed by atoms with van der Waals surface area (Å²) in [5.41, 5.74) is 4.24. The first-order valence-corrected chi connectivity index (χ1v) is 10.8. The van der Waals surface area contributed by atoms with Crippen molar-refractivity contribution in [1.82, 2.24) is 9.55 Å². The van der Waals surface area contributed by atoms with Crippen molar-refractivity contribution in [1.29, 1.82) is 5.26 Å². The first kappa shape index (κ1) is 21.5. The first-order chi connectivity index (χ1) is 15.8. The first-order valence-electron chi connectivity index (χ1n) is 10.8. The summed E-state index contributed by atoms with van der Waals surface area (Å²) in [6.45, 7) is 4.28. The second-order valence-electron chi connectivity index (χ2n) is 8.68. The minimum Gasteiger partial charge on any atom is -0.477 e. The van der Waals surface area contributed by atoms with Gasteiger partial charge in [-0.2, -0.15) is 18.4 Å². The molecule has 3 aromatic rings. The van der Waals surface area contributed by atoms with Crippen molar-refractivity contribution < 1.29 is 22.6 Å². The fourth-order valence-electron chi connectivity index (χ4n) is 4.56. The normalized spacial score (nSPS) is 22.5. The fourth-order valence-corrected chi connectivity index (χ4v) is 4.56. The standard InChI is InChI=1S/C25H22F3N3O2/c1-16-7-10-33-24(13-16)14-22(24)31-9-6-20-21(31)12-19(18-4-2-17(15-29)3-5-18)23(30-20)32-11-8-25(26,27)28/h2-6,9,12,22H,1,7-8,10-11,13-14H2. The number of halogens is 3. The molecule has 2 fully saturated rings. The maximum Gasteiger partial charge on any atom is 0.392 e. The molecule has 2 aliphatic rings. The minimum absolute atomic E-state index is 0.141. The molecule has 2 unspecified atom stereocenters. The Bertz CT molecular complexity index is 1260. The van der Waals surface area contributed by atoms with Gasteiger partial charge >= 0.3 is 6.18 Å². The molecule has 5 rings (SSSR count). The smallest absolute Gasteiger partial charge is 0.392 e. The molecule has 170 valence electrons. The Labute approximate surface area is 189 Å². The van der Waals surface area contributed by atoms with Crippen LogP contribution in [0, 0.1) is 11.3 Å². The van der Waals surface area contributed by atoms with Crippen molar-refractivity contribution in [2.24, 2.45) is 0 Å². The van der Waals surface area contributed by atoms with Gasteiger partial charge in [0.25, 0.3) is 0 Å². The van der Waals surface area contributed by atoms with Crippen LogP contribution in [0.25, 0.3) is 22.2 Å². The van der Waals surface area contributed by atoms with Crippen molar-refractivity contribution in [2.75, 3.05) is 13.2 Å². The Hall–Kier alpha value is -3.31. The number of fused-ring (bicyclic) bond motifs is 1. The molecule has 0 bridgehead atoms. The van der Waals surface area contributed by atoms with Crippen LogP contribution in [0.2, 0.25) is 0 Å².